The minimum atomic E-state index is -1.03. The van der Waals surface area contributed by atoms with Gasteiger partial charge >= 0.3 is 5.97 Å². The zero-order valence-corrected chi connectivity index (χ0v) is 4.29. The van der Waals surface area contributed by atoms with Crippen molar-refractivity contribution in [3.8, 4) is 12.3 Å². The Labute approximate surface area is 47.5 Å². The summed E-state index contributed by atoms with van der Waals surface area (Å²) in [7, 11) is 0. The Kier molecular flexibility index (Phi) is 2.67. The molecular weight excluding hydrogens is 106 g/mol. The van der Waals surface area contributed by atoms with Crippen molar-refractivity contribution in [1.82, 2.24) is 0 Å². The van der Waals surface area contributed by atoms with Gasteiger partial charge in [0.15, 0.2) is 0 Å². The van der Waals surface area contributed by atoms with E-state index in [2.05, 4.69) is 0 Å². The minimum absolute atomic E-state index is 0.00579. The van der Waals surface area contributed by atoms with Crippen molar-refractivity contribution in [2.24, 2.45) is 11.7 Å². The highest BCUT2D eigenvalue weighted by atomic mass is 16.4. The molecule has 0 rings (SSSR count). The summed E-state index contributed by atoms with van der Waals surface area (Å²) in [6.45, 7) is 0.00579. The topological polar surface area (TPSA) is 63.3 Å². The van der Waals surface area contributed by atoms with Gasteiger partial charge in [-0.05, 0) is 0 Å². The first-order valence-corrected chi connectivity index (χ1v) is 2.11. The van der Waals surface area contributed by atoms with Gasteiger partial charge in [-0.3, -0.25) is 4.79 Å². The van der Waals surface area contributed by atoms with Crippen LogP contribution in [0.4, 0.5) is 0 Å². The second-order valence-corrected chi connectivity index (χ2v) is 1.29. The fourth-order valence-corrected chi connectivity index (χ4v) is 0.240. The number of aliphatic carboxylic acids is 1. The van der Waals surface area contributed by atoms with E-state index in [1.807, 2.05) is 5.92 Å². The smallest absolute Gasteiger partial charge is 0.319 e. The summed E-state index contributed by atoms with van der Waals surface area (Å²) in [4.78, 5) is 9.94. The molecule has 1 atom stereocenters. The van der Waals surface area contributed by atoms with Crippen molar-refractivity contribution in [2.75, 3.05) is 6.54 Å². The normalized spacial score (nSPS) is 12.0. The van der Waals surface area contributed by atoms with Crippen LogP contribution in [-0.4, -0.2) is 17.6 Å². The quantitative estimate of drug-likeness (QED) is 0.464. The molecule has 1 unspecified atom stereocenters. The predicted octanol–water partition coefficient (Wildman–Crippen LogP) is -0.721. The lowest BCUT2D eigenvalue weighted by atomic mass is 10.2. The van der Waals surface area contributed by atoms with Crippen LogP contribution in [0.15, 0.2) is 0 Å². The predicted molar refractivity (Wildman–Crippen MR) is 29.0 cm³/mol. The van der Waals surface area contributed by atoms with Gasteiger partial charge in [0.25, 0.3) is 0 Å². The third kappa shape index (κ3) is 1.63. The molecule has 0 saturated heterocycles. The standard InChI is InChI=1S/C5H7NO2/c1-2-4(3-6)5(7)8/h1,4H,3,6H2,(H,7,8). The molecule has 0 aliphatic heterocycles. The van der Waals surface area contributed by atoms with Gasteiger partial charge < -0.3 is 10.8 Å². The summed E-state index contributed by atoms with van der Waals surface area (Å²) in [5.74, 6) is 0.170. The maximum absolute atomic E-state index is 9.94. The van der Waals surface area contributed by atoms with Gasteiger partial charge in [-0.15, -0.1) is 6.42 Å². The molecule has 8 heavy (non-hydrogen) atoms. The number of nitrogens with two attached hydrogens (primary N) is 1. The van der Waals surface area contributed by atoms with Crippen LogP contribution in [-0.2, 0) is 4.79 Å². The number of hydrogen-bond donors (Lipinski definition) is 2. The number of carbonyl (C=O) groups is 1. The largest absolute Gasteiger partial charge is 0.480 e. The molecule has 0 fully saturated rings. The Morgan fingerprint density at radius 3 is 2.50 bits per heavy atom. The summed E-state index contributed by atoms with van der Waals surface area (Å²) in [5, 5.41) is 8.15. The third-order valence-electron chi connectivity index (χ3n) is 0.735. The Balaban J connectivity index is 3.76. The van der Waals surface area contributed by atoms with E-state index in [1.165, 1.54) is 0 Å². The van der Waals surface area contributed by atoms with Gasteiger partial charge in [-0.25, -0.2) is 0 Å². The van der Waals surface area contributed by atoms with E-state index in [4.69, 9.17) is 17.3 Å². The van der Waals surface area contributed by atoms with Crippen LogP contribution in [0.25, 0.3) is 0 Å². The first kappa shape index (κ1) is 6.99. The van der Waals surface area contributed by atoms with E-state index < -0.39 is 11.9 Å². The monoisotopic (exact) mass is 113 g/mol. The second kappa shape index (κ2) is 3.05. The van der Waals surface area contributed by atoms with E-state index >= 15 is 0 Å². The van der Waals surface area contributed by atoms with Crippen molar-refractivity contribution in [3.63, 3.8) is 0 Å². The first-order valence-electron chi connectivity index (χ1n) is 2.11. The zero-order chi connectivity index (χ0) is 6.57. The fourth-order valence-electron chi connectivity index (χ4n) is 0.240. The van der Waals surface area contributed by atoms with E-state index in [0.29, 0.717) is 0 Å². The van der Waals surface area contributed by atoms with Crippen LogP contribution in [0.5, 0.6) is 0 Å². The highest BCUT2D eigenvalue weighted by Gasteiger charge is 2.09. The van der Waals surface area contributed by atoms with Crippen molar-refractivity contribution in [1.29, 1.82) is 0 Å². The lowest BCUT2D eigenvalue weighted by Gasteiger charge is -1.96. The summed E-state index contributed by atoms with van der Waals surface area (Å²) in [6.07, 6.45) is 4.77. The summed E-state index contributed by atoms with van der Waals surface area (Å²) in [5.41, 5.74) is 4.96. The van der Waals surface area contributed by atoms with E-state index in [0.717, 1.165) is 0 Å². The van der Waals surface area contributed by atoms with Crippen LogP contribution in [0, 0.1) is 18.3 Å². The molecule has 44 valence electrons. The maximum Gasteiger partial charge on any atom is 0.319 e. The molecule has 3 N–H and O–H groups in total. The third-order valence-corrected chi connectivity index (χ3v) is 0.735. The number of carboxylic acids is 1. The fraction of sp³-hybridized carbons (Fsp3) is 0.400. The Morgan fingerprint density at radius 1 is 2.00 bits per heavy atom. The van der Waals surface area contributed by atoms with Crippen LogP contribution in [0.1, 0.15) is 0 Å². The molecule has 0 radical (unpaired) electrons. The van der Waals surface area contributed by atoms with Crippen LogP contribution >= 0.6 is 0 Å². The average molecular weight is 113 g/mol. The molecular formula is C5H7NO2. The van der Waals surface area contributed by atoms with Gasteiger partial charge in [0.05, 0.1) is 0 Å². The van der Waals surface area contributed by atoms with Gasteiger partial charge in [0.1, 0.15) is 5.92 Å². The SMILES string of the molecule is C#CC(CN)C(=O)O. The number of rotatable bonds is 2. The molecule has 0 spiro atoms. The van der Waals surface area contributed by atoms with Gasteiger partial charge in [0.2, 0.25) is 0 Å². The van der Waals surface area contributed by atoms with Crippen molar-refractivity contribution in [2.45, 2.75) is 0 Å². The average Bonchev–Trinajstić information content (AvgIpc) is 1.69. The maximum atomic E-state index is 9.94. The highest BCUT2D eigenvalue weighted by Crippen LogP contribution is 1.87. The molecule has 0 aromatic carbocycles. The molecule has 0 amide bonds. The molecule has 0 aliphatic rings. The molecule has 0 bridgehead atoms. The minimum Gasteiger partial charge on any atom is -0.480 e. The van der Waals surface area contributed by atoms with Crippen molar-refractivity contribution in [3.05, 3.63) is 0 Å². The molecule has 0 aromatic heterocycles. The molecule has 0 saturated carbocycles. The molecule has 0 aromatic rings. The number of terminal acetylenes is 1. The van der Waals surface area contributed by atoms with Crippen molar-refractivity contribution >= 4 is 5.97 Å². The molecule has 0 aliphatic carbocycles. The molecule has 3 heteroatoms. The highest BCUT2D eigenvalue weighted by molar-refractivity contribution is 5.73. The van der Waals surface area contributed by atoms with Gasteiger partial charge in [-0.1, -0.05) is 5.92 Å². The lowest BCUT2D eigenvalue weighted by Crippen LogP contribution is -2.21. The summed E-state index contributed by atoms with van der Waals surface area (Å²) in [6, 6.07) is 0. The summed E-state index contributed by atoms with van der Waals surface area (Å²) < 4.78 is 0. The molecule has 0 heterocycles. The van der Waals surface area contributed by atoms with E-state index in [9.17, 15) is 4.79 Å². The first-order chi connectivity index (χ1) is 3.72. The summed E-state index contributed by atoms with van der Waals surface area (Å²) >= 11 is 0. The zero-order valence-electron chi connectivity index (χ0n) is 4.29. The Hall–Kier alpha value is -1.01. The van der Waals surface area contributed by atoms with Crippen molar-refractivity contribution < 1.29 is 9.90 Å². The molecule has 3 nitrogen and oxygen atoms in total. The van der Waals surface area contributed by atoms with E-state index in [-0.39, 0.29) is 6.54 Å². The number of carboxylic acid groups (broad SMARTS) is 1. The van der Waals surface area contributed by atoms with Gasteiger partial charge in [0, 0.05) is 6.54 Å². The van der Waals surface area contributed by atoms with Gasteiger partial charge in [-0.2, -0.15) is 0 Å². The second-order valence-electron chi connectivity index (χ2n) is 1.29. The van der Waals surface area contributed by atoms with Crippen LogP contribution < -0.4 is 5.73 Å². The van der Waals surface area contributed by atoms with Crippen LogP contribution in [0.3, 0.4) is 0 Å². The Morgan fingerprint density at radius 2 is 2.50 bits per heavy atom. The Bertz CT molecular complexity index is 125. The number of hydrogen-bond acceptors (Lipinski definition) is 2. The lowest BCUT2D eigenvalue weighted by molar-refractivity contribution is -0.139. The van der Waals surface area contributed by atoms with E-state index in [1.54, 1.807) is 0 Å². The van der Waals surface area contributed by atoms with Crippen LogP contribution in [0.2, 0.25) is 0 Å².